The van der Waals surface area contributed by atoms with Gasteiger partial charge >= 0.3 is 0 Å². The van der Waals surface area contributed by atoms with Crippen molar-refractivity contribution in [3.63, 3.8) is 0 Å². The molecule has 5 heteroatoms. The van der Waals surface area contributed by atoms with Crippen LogP contribution in [0.4, 0.5) is 5.69 Å². The predicted octanol–water partition coefficient (Wildman–Crippen LogP) is 3.61. The lowest BCUT2D eigenvalue weighted by Crippen LogP contribution is -2.24. The molecule has 1 amide bonds. The summed E-state index contributed by atoms with van der Waals surface area (Å²) in [5.74, 6) is 0.0193. The number of rotatable bonds is 7. The van der Waals surface area contributed by atoms with Gasteiger partial charge in [-0.15, -0.1) is 0 Å². The molecular weight excluding hydrogens is 318 g/mol. The second kappa shape index (κ2) is 8.26. The third-order valence-corrected chi connectivity index (χ3v) is 4.37. The SMILES string of the molecule is O=C(Cc1ccc(NCc2ccsc2)cc1)NCc1ccncc1. The van der Waals surface area contributed by atoms with Crippen molar-refractivity contribution in [3.05, 3.63) is 82.3 Å². The summed E-state index contributed by atoms with van der Waals surface area (Å²) < 4.78 is 0. The fourth-order valence-electron chi connectivity index (χ4n) is 2.29. The van der Waals surface area contributed by atoms with Gasteiger partial charge in [0.2, 0.25) is 5.91 Å². The van der Waals surface area contributed by atoms with Gasteiger partial charge in [-0.2, -0.15) is 11.3 Å². The first-order chi connectivity index (χ1) is 11.8. The maximum atomic E-state index is 12.0. The predicted molar refractivity (Wildman–Crippen MR) is 97.9 cm³/mol. The van der Waals surface area contributed by atoms with Crippen LogP contribution in [0.3, 0.4) is 0 Å². The van der Waals surface area contributed by atoms with Crippen molar-refractivity contribution in [1.82, 2.24) is 10.3 Å². The lowest BCUT2D eigenvalue weighted by Gasteiger charge is -2.08. The van der Waals surface area contributed by atoms with Gasteiger partial charge in [-0.1, -0.05) is 12.1 Å². The molecule has 2 aromatic heterocycles. The molecule has 0 atom stereocenters. The van der Waals surface area contributed by atoms with Crippen molar-refractivity contribution < 1.29 is 4.79 Å². The highest BCUT2D eigenvalue weighted by atomic mass is 32.1. The van der Waals surface area contributed by atoms with E-state index in [1.807, 2.05) is 36.4 Å². The van der Waals surface area contributed by atoms with Gasteiger partial charge in [0.1, 0.15) is 0 Å². The molecule has 2 N–H and O–H groups in total. The molecule has 4 nitrogen and oxygen atoms in total. The molecule has 24 heavy (non-hydrogen) atoms. The van der Waals surface area contributed by atoms with Crippen molar-refractivity contribution in [3.8, 4) is 0 Å². The first-order valence-corrected chi connectivity index (χ1v) is 8.73. The minimum absolute atomic E-state index is 0.0193. The monoisotopic (exact) mass is 337 g/mol. The summed E-state index contributed by atoms with van der Waals surface area (Å²) in [5, 5.41) is 10.5. The van der Waals surface area contributed by atoms with Crippen molar-refractivity contribution in [2.45, 2.75) is 19.5 Å². The Morgan fingerprint density at radius 2 is 1.71 bits per heavy atom. The van der Waals surface area contributed by atoms with E-state index in [0.29, 0.717) is 13.0 Å². The van der Waals surface area contributed by atoms with Crippen LogP contribution < -0.4 is 10.6 Å². The lowest BCUT2D eigenvalue weighted by atomic mass is 10.1. The van der Waals surface area contributed by atoms with Crippen LogP contribution in [0.5, 0.6) is 0 Å². The fourth-order valence-corrected chi connectivity index (χ4v) is 2.96. The van der Waals surface area contributed by atoms with E-state index in [-0.39, 0.29) is 5.91 Å². The Labute approximate surface area is 145 Å². The summed E-state index contributed by atoms with van der Waals surface area (Å²) >= 11 is 1.70. The first-order valence-electron chi connectivity index (χ1n) is 7.79. The summed E-state index contributed by atoms with van der Waals surface area (Å²) in [6, 6.07) is 13.9. The fraction of sp³-hybridized carbons (Fsp3) is 0.158. The summed E-state index contributed by atoms with van der Waals surface area (Å²) in [6.07, 6.45) is 3.84. The van der Waals surface area contributed by atoms with E-state index >= 15 is 0 Å². The number of thiophene rings is 1. The zero-order valence-corrected chi connectivity index (χ0v) is 14.1. The molecule has 0 spiro atoms. The molecule has 0 saturated carbocycles. The lowest BCUT2D eigenvalue weighted by molar-refractivity contribution is -0.120. The average molecular weight is 337 g/mol. The normalized spacial score (nSPS) is 10.3. The van der Waals surface area contributed by atoms with Crippen LogP contribution in [0.2, 0.25) is 0 Å². The molecule has 0 unspecified atom stereocenters. The maximum Gasteiger partial charge on any atom is 0.224 e. The van der Waals surface area contributed by atoms with Gasteiger partial charge in [0.25, 0.3) is 0 Å². The number of hydrogen-bond acceptors (Lipinski definition) is 4. The van der Waals surface area contributed by atoms with Crippen LogP contribution in [-0.2, 0) is 24.3 Å². The summed E-state index contributed by atoms with van der Waals surface area (Å²) in [7, 11) is 0. The minimum Gasteiger partial charge on any atom is -0.381 e. The van der Waals surface area contributed by atoms with Crippen LogP contribution in [-0.4, -0.2) is 10.9 Å². The third kappa shape index (κ3) is 4.93. The van der Waals surface area contributed by atoms with Crippen molar-refractivity contribution in [2.75, 3.05) is 5.32 Å². The Balaban J connectivity index is 1.45. The molecule has 3 aromatic rings. The minimum atomic E-state index is 0.0193. The molecule has 0 aliphatic carbocycles. The first kappa shape index (κ1) is 16.2. The highest BCUT2D eigenvalue weighted by Crippen LogP contribution is 2.13. The van der Waals surface area contributed by atoms with E-state index in [4.69, 9.17) is 0 Å². The molecule has 2 heterocycles. The molecule has 0 bridgehead atoms. The molecule has 0 aliphatic heterocycles. The number of nitrogens with zero attached hydrogens (tertiary/aromatic N) is 1. The van der Waals surface area contributed by atoms with Crippen molar-refractivity contribution in [2.24, 2.45) is 0 Å². The molecule has 1 aromatic carbocycles. The Kier molecular flexibility index (Phi) is 5.58. The number of carbonyl (C=O) groups excluding carboxylic acids is 1. The van der Waals surface area contributed by atoms with E-state index in [1.165, 1.54) is 5.56 Å². The van der Waals surface area contributed by atoms with Gasteiger partial charge in [0, 0.05) is 31.2 Å². The molecular formula is C19H19N3OS. The highest BCUT2D eigenvalue weighted by Gasteiger charge is 2.04. The number of pyridine rings is 1. The van der Waals surface area contributed by atoms with Crippen molar-refractivity contribution in [1.29, 1.82) is 0 Å². The van der Waals surface area contributed by atoms with E-state index in [1.54, 1.807) is 23.7 Å². The summed E-state index contributed by atoms with van der Waals surface area (Å²) in [5.41, 5.74) is 4.39. The molecule has 3 rings (SSSR count). The van der Waals surface area contributed by atoms with Gasteiger partial charge in [-0.05, 0) is 57.8 Å². The maximum absolute atomic E-state index is 12.0. The second-order valence-corrected chi connectivity index (χ2v) is 6.27. The number of benzene rings is 1. The Hall–Kier alpha value is -2.66. The van der Waals surface area contributed by atoms with Gasteiger partial charge < -0.3 is 10.6 Å². The zero-order chi connectivity index (χ0) is 16.6. The Bertz CT molecular complexity index is 755. The number of anilines is 1. The van der Waals surface area contributed by atoms with Gasteiger partial charge in [-0.3, -0.25) is 9.78 Å². The van der Waals surface area contributed by atoms with E-state index in [0.717, 1.165) is 23.4 Å². The number of carbonyl (C=O) groups is 1. The Morgan fingerprint density at radius 1 is 0.917 bits per heavy atom. The number of nitrogens with one attached hydrogen (secondary N) is 2. The van der Waals surface area contributed by atoms with E-state index in [9.17, 15) is 4.79 Å². The second-order valence-electron chi connectivity index (χ2n) is 5.49. The van der Waals surface area contributed by atoms with Gasteiger partial charge in [0.05, 0.1) is 6.42 Å². The molecule has 0 saturated heterocycles. The molecule has 0 aliphatic rings. The Morgan fingerprint density at radius 3 is 2.42 bits per heavy atom. The van der Waals surface area contributed by atoms with Crippen LogP contribution in [0.1, 0.15) is 16.7 Å². The smallest absolute Gasteiger partial charge is 0.224 e. The number of hydrogen-bond donors (Lipinski definition) is 2. The quantitative estimate of drug-likeness (QED) is 0.692. The molecule has 0 fully saturated rings. The van der Waals surface area contributed by atoms with Crippen LogP contribution in [0, 0.1) is 0 Å². The number of aromatic nitrogens is 1. The topological polar surface area (TPSA) is 54.0 Å². The van der Waals surface area contributed by atoms with Crippen LogP contribution in [0.25, 0.3) is 0 Å². The van der Waals surface area contributed by atoms with Gasteiger partial charge in [0.15, 0.2) is 0 Å². The van der Waals surface area contributed by atoms with Crippen LogP contribution in [0.15, 0.2) is 65.6 Å². The average Bonchev–Trinajstić information content (AvgIpc) is 3.14. The summed E-state index contributed by atoms with van der Waals surface area (Å²) in [6.45, 7) is 1.34. The highest BCUT2D eigenvalue weighted by molar-refractivity contribution is 7.07. The van der Waals surface area contributed by atoms with E-state index in [2.05, 4.69) is 32.4 Å². The molecule has 122 valence electrons. The standard InChI is InChI=1S/C19H19N3OS/c23-19(22-12-16-5-8-20-9-6-16)11-15-1-3-18(4-2-15)21-13-17-7-10-24-14-17/h1-10,14,21H,11-13H2,(H,22,23). The summed E-state index contributed by atoms with van der Waals surface area (Å²) in [4.78, 5) is 16.0. The van der Waals surface area contributed by atoms with Gasteiger partial charge in [-0.25, -0.2) is 0 Å². The van der Waals surface area contributed by atoms with E-state index < -0.39 is 0 Å². The third-order valence-electron chi connectivity index (χ3n) is 3.63. The largest absolute Gasteiger partial charge is 0.381 e. The molecule has 0 radical (unpaired) electrons. The number of amides is 1. The zero-order valence-electron chi connectivity index (χ0n) is 13.2. The van der Waals surface area contributed by atoms with Crippen LogP contribution >= 0.6 is 11.3 Å². The van der Waals surface area contributed by atoms with Crippen molar-refractivity contribution >= 4 is 22.9 Å².